The summed E-state index contributed by atoms with van der Waals surface area (Å²) in [7, 11) is 0. The third-order valence-electron chi connectivity index (χ3n) is 9.94. The second-order valence-corrected chi connectivity index (χ2v) is 14.1. The Bertz CT molecular complexity index is 423. The maximum Gasteiger partial charge on any atom is 0.0786 e. The third kappa shape index (κ3) is 31.9. The molecule has 2 heteroatoms. The molecule has 256 valence electrons. The van der Waals surface area contributed by atoms with E-state index in [-0.39, 0.29) is 17.0 Å². The van der Waals surface area contributed by atoms with Gasteiger partial charge in [0.1, 0.15) is 0 Å². The van der Waals surface area contributed by atoms with E-state index in [1.54, 1.807) is 0 Å². The quantitative estimate of drug-likeness (QED) is 0.0464. The van der Waals surface area contributed by atoms with E-state index in [0.29, 0.717) is 0 Å². The minimum atomic E-state index is 0. The molecule has 0 amide bonds. The molecule has 0 aliphatic carbocycles. The first-order valence-corrected chi connectivity index (χ1v) is 20.1. The van der Waals surface area contributed by atoms with Crippen LogP contribution in [0.2, 0.25) is 0 Å². The van der Waals surface area contributed by atoms with Gasteiger partial charge in [0.15, 0.2) is 0 Å². The van der Waals surface area contributed by atoms with E-state index in [9.17, 15) is 0 Å². The molecule has 0 fully saturated rings. The summed E-state index contributed by atoms with van der Waals surface area (Å²) >= 11 is 0. The van der Waals surface area contributed by atoms with Crippen molar-refractivity contribution in [1.29, 1.82) is 0 Å². The minimum Gasteiger partial charge on any atom is -1.00 e. The fourth-order valence-electron chi connectivity index (χ4n) is 7.00. The Balaban J connectivity index is 0. The lowest BCUT2D eigenvalue weighted by Gasteiger charge is -2.39. The van der Waals surface area contributed by atoms with Gasteiger partial charge >= 0.3 is 0 Å². The van der Waals surface area contributed by atoms with Gasteiger partial charge in [0.2, 0.25) is 0 Å². The average Bonchev–Trinajstić information content (AvgIpc) is 2.98. The summed E-state index contributed by atoms with van der Waals surface area (Å²) in [6.07, 6.45) is 46.7. The summed E-state index contributed by atoms with van der Waals surface area (Å²) in [4.78, 5) is 0. The normalized spacial score (nSPS) is 11.7. The Kier molecular flexibility index (Phi) is 39.9. The first-order valence-electron chi connectivity index (χ1n) is 20.1. The van der Waals surface area contributed by atoms with Gasteiger partial charge in [-0.05, 0) is 51.4 Å². The lowest BCUT2D eigenvalue weighted by molar-refractivity contribution is -0.929. The molecule has 0 aliphatic heterocycles. The van der Waals surface area contributed by atoms with E-state index in [1.807, 2.05) is 0 Å². The topological polar surface area (TPSA) is 0 Å². The molecular weight excluding hydrogens is 574 g/mol. The van der Waals surface area contributed by atoms with Crippen molar-refractivity contribution in [3.8, 4) is 0 Å². The summed E-state index contributed by atoms with van der Waals surface area (Å²) < 4.78 is 1.48. The molecule has 0 bridgehead atoms. The summed E-state index contributed by atoms with van der Waals surface area (Å²) in [6.45, 7) is 15.3. The number of hydrogen-bond donors (Lipinski definition) is 0. The van der Waals surface area contributed by atoms with Crippen LogP contribution in [0.1, 0.15) is 233 Å². The Morgan fingerprint density at radius 2 is 0.357 bits per heavy atom. The largest absolute Gasteiger partial charge is 1.00 e. The van der Waals surface area contributed by atoms with Gasteiger partial charge in [0.05, 0.1) is 26.2 Å². The average molecular weight is 659 g/mol. The number of hydrogen-bond acceptors (Lipinski definition) is 0. The van der Waals surface area contributed by atoms with Crippen LogP contribution >= 0.6 is 0 Å². The van der Waals surface area contributed by atoms with Crippen molar-refractivity contribution in [3.63, 3.8) is 0 Å². The van der Waals surface area contributed by atoms with Crippen LogP contribution in [0.15, 0.2) is 0 Å². The molecule has 0 heterocycles. The zero-order valence-corrected chi connectivity index (χ0v) is 31.9. The number of nitrogens with zero attached hydrogens (tertiary/aromatic N) is 1. The monoisotopic (exact) mass is 658 g/mol. The third-order valence-corrected chi connectivity index (χ3v) is 9.94. The number of halogens is 1. The van der Waals surface area contributed by atoms with Gasteiger partial charge in [-0.2, -0.15) is 0 Å². The van der Waals surface area contributed by atoms with E-state index < -0.39 is 0 Å². The van der Waals surface area contributed by atoms with Crippen LogP contribution in [0.5, 0.6) is 0 Å². The van der Waals surface area contributed by atoms with E-state index in [4.69, 9.17) is 0 Å². The molecule has 0 atom stereocenters. The fourth-order valence-corrected chi connectivity index (χ4v) is 7.00. The van der Waals surface area contributed by atoms with Gasteiger partial charge in [0, 0.05) is 0 Å². The number of unbranched alkanes of at least 4 members (excludes halogenated alkanes) is 28. The van der Waals surface area contributed by atoms with E-state index in [0.717, 1.165) is 0 Å². The van der Waals surface area contributed by atoms with Crippen LogP contribution in [0.4, 0.5) is 0 Å². The van der Waals surface area contributed by atoms with Crippen molar-refractivity contribution in [2.24, 2.45) is 0 Å². The lowest BCUT2D eigenvalue weighted by Crippen LogP contribution is -3.00. The van der Waals surface area contributed by atoms with Gasteiger partial charge in [0.25, 0.3) is 0 Å². The Morgan fingerprint density at radius 3 is 0.548 bits per heavy atom. The van der Waals surface area contributed by atoms with Crippen LogP contribution in [-0.4, -0.2) is 30.7 Å². The molecular formula is C40H84BrN. The minimum absolute atomic E-state index is 0. The SMILES string of the molecule is CCCCCCCCCCCCCC[N+](CCCCCC)(CCCCCC)CCCCCCCCCCCCCC.[Br-]. The van der Waals surface area contributed by atoms with Crippen molar-refractivity contribution in [1.82, 2.24) is 0 Å². The number of quaternary nitrogens is 1. The fraction of sp³-hybridized carbons (Fsp3) is 1.00. The highest BCUT2D eigenvalue weighted by Gasteiger charge is 2.25. The highest BCUT2D eigenvalue weighted by Crippen LogP contribution is 2.21. The smallest absolute Gasteiger partial charge is 0.0786 e. The summed E-state index contributed by atoms with van der Waals surface area (Å²) in [5.41, 5.74) is 0. The number of rotatable bonds is 36. The Morgan fingerprint density at radius 1 is 0.214 bits per heavy atom. The van der Waals surface area contributed by atoms with Crippen molar-refractivity contribution in [2.75, 3.05) is 26.2 Å². The first kappa shape index (κ1) is 44.6. The summed E-state index contributed by atoms with van der Waals surface area (Å²) in [5.74, 6) is 0. The Hall–Kier alpha value is 0.440. The zero-order chi connectivity index (χ0) is 30.0. The van der Waals surface area contributed by atoms with Gasteiger partial charge in [-0.15, -0.1) is 0 Å². The van der Waals surface area contributed by atoms with Gasteiger partial charge in [-0.1, -0.05) is 182 Å². The molecule has 0 aromatic carbocycles. The standard InChI is InChI=1S/C40H84N.BrH/c1-5-9-13-17-19-21-23-25-27-29-31-35-39-41(37-33-15-11-7-3,38-34-16-12-8-4)40-36-32-30-28-26-24-22-20-18-14-10-6-2;/h5-40H2,1-4H3;1H/q+1;/p-1. The highest BCUT2D eigenvalue weighted by atomic mass is 79.9. The molecule has 0 aromatic heterocycles. The summed E-state index contributed by atoms with van der Waals surface area (Å²) in [6, 6.07) is 0. The molecule has 0 unspecified atom stereocenters. The van der Waals surface area contributed by atoms with Crippen LogP contribution in [0.3, 0.4) is 0 Å². The predicted octanol–water partition coefficient (Wildman–Crippen LogP) is 11.4. The molecule has 0 spiro atoms. The van der Waals surface area contributed by atoms with Crippen molar-refractivity contribution in [2.45, 2.75) is 233 Å². The molecule has 0 saturated carbocycles. The van der Waals surface area contributed by atoms with E-state index in [1.165, 1.54) is 236 Å². The molecule has 0 saturated heterocycles. The molecule has 1 nitrogen and oxygen atoms in total. The van der Waals surface area contributed by atoms with Crippen LogP contribution < -0.4 is 17.0 Å². The molecule has 0 aliphatic rings. The predicted molar refractivity (Wildman–Crippen MR) is 190 cm³/mol. The zero-order valence-electron chi connectivity index (χ0n) is 30.3. The molecule has 0 radical (unpaired) electrons. The van der Waals surface area contributed by atoms with Crippen molar-refractivity contribution < 1.29 is 21.5 Å². The first-order chi connectivity index (χ1) is 20.2. The summed E-state index contributed by atoms with van der Waals surface area (Å²) in [5, 5.41) is 0. The molecule has 42 heavy (non-hydrogen) atoms. The van der Waals surface area contributed by atoms with Gasteiger partial charge in [-0.3, -0.25) is 0 Å². The maximum absolute atomic E-state index is 2.37. The van der Waals surface area contributed by atoms with Crippen LogP contribution in [0, 0.1) is 0 Å². The second kappa shape index (κ2) is 37.6. The van der Waals surface area contributed by atoms with Crippen LogP contribution in [0.25, 0.3) is 0 Å². The molecule has 0 rings (SSSR count). The van der Waals surface area contributed by atoms with Crippen LogP contribution in [-0.2, 0) is 0 Å². The molecule has 0 aromatic rings. The highest BCUT2D eigenvalue weighted by molar-refractivity contribution is 4.55. The Labute approximate surface area is 279 Å². The van der Waals surface area contributed by atoms with Gasteiger partial charge in [-0.25, -0.2) is 0 Å². The van der Waals surface area contributed by atoms with Crippen molar-refractivity contribution >= 4 is 0 Å². The van der Waals surface area contributed by atoms with Gasteiger partial charge < -0.3 is 21.5 Å². The van der Waals surface area contributed by atoms with E-state index >= 15 is 0 Å². The van der Waals surface area contributed by atoms with Crippen molar-refractivity contribution in [3.05, 3.63) is 0 Å². The maximum atomic E-state index is 2.37. The lowest BCUT2D eigenvalue weighted by atomic mass is 10.0. The van der Waals surface area contributed by atoms with E-state index in [2.05, 4.69) is 27.7 Å². The second-order valence-electron chi connectivity index (χ2n) is 14.1. The molecule has 0 N–H and O–H groups in total.